The summed E-state index contributed by atoms with van der Waals surface area (Å²) >= 11 is 0. The summed E-state index contributed by atoms with van der Waals surface area (Å²) < 4.78 is 17.9. The van der Waals surface area contributed by atoms with Gasteiger partial charge in [0.05, 0.1) is 22.2 Å². The number of aromatic amines is 1. The molecule has 1 aromatic heterocycles. The van der Waals surface area contributed by atoms with Crippen LogP contribution in [0.1, 0.15) is 66.6 Å². The van der Waals surface area contributed by atoms with Crippen LogP contribution in [-0.2, 0) is 14.0 Å². The number of amides is 1. The van der Waals surface area contributed by atoms with Crippen molar-refractivity contribution in [2.75, 3.05) is 13.1 Å². The molecule has 2 aromatic carbocycles. The molecule has 2 aliphatic rings. The maximum atomic E-state index is 12.4. The lowest BCUT2D eigenvalue weighted by Gasteiger charge is -2.32. The van der Waals surface area contributed by atoms with Crippen LogP contribution in [0.3, 0.4) is 0 Å². The number of benzene rings is 2. The third-order valence-corrected chi connectivity index (χ3v) is 7.50. The average Bonchev–Trinajstić information content (AvgIpc) is 3.48. The molecule has 5 rings (SSSR count). The van der Waals surface area contributed by atoms with E-state index in [-0.39, 0.29) is 30.3 Å². The van der Waals surface area contributed by atoms with Crippen molar-refractivity contribution < 1.29 is 18.8 Å². The molecule has 0 bridgehead atoms. The van der Waals surface area contributed by atoms with Crippen LogP contribution in [-0.4, -0.2) is 58.0 Å². The second-order valence-corrected chi connectivity index (χ2v) is 12.0. The maximum Gasteiger partial charge on any atom is 0.494 e. The number of aromatic nitrogens is 2. The van der Waals surface area contributed by atoms with Crippen molar-refractivity contribution in [2.45, 2.75) is 77.6 Å². The number of hydrogen-bond donors (Lipinski definition) is 1. The van der Waals surface area contributed by atoms with Gasteiger partial charge in [-0.3, -0.25) is 0 Å². The highest BCUT2D eigenvalue weighted by atomic mass is 16.7. The van der Waals surface area contributed by atoms with Gasteiger partial charge in [0.2, 0.25) is 0 Å². The van der Waals surface area contributed by atoms with Crippen LogP contribution in [0.2, 0.25) is 0 Å². The normalized spacial score (nSPS) is 21.4. The van der Waals surface area contributed by atoms with E-state index in [0.29, 0.717) is 13.1 Å². The minimum Gasteiger partial charge on any atom is -0.444 e. The van der Waals surface area contributed by atoms with Crippen molar-refractivity contribution >= 4 is 29.7 Å². The van der Waals surface area contributed by atoms with Gasteiger partial charge < -0.3 is 23.9 Å². The number of carbonyl (C=O) groups is 1. The Kier molecular flexibility index (Phi) is 5.96. The fourth-order valence-electron chi connectivity index (χ4n) is 4.69. The lowest BCUT2D eigenvalue weighted by Crippen LogP contribution is -2.41. The Hall–Kier alpha value is -2.84. The molecule has 2 fully saturated rings. The SMILES string of the molecule is CC(C)(C)OC(=O)N1CC[C@@H](c2nc3ccc(-c4ccc(B5OC(C)(C)C(C)(C)O5)cc4)cc3[nH]2)C1. The highest BCUT2D eigenvalue weighted by molar-refractivity contribution is 6.62. The Morgan fingerprint density at radius 2 is 1.69 bits per heavy atom. The molecular formula is C28H36BN3O4. The largest absolute Gasteiger partial charge is 0.494 e. The zero-order valence-electron chi connectivity index (χ0n) is 22.3. The summed E-state index contributed by atoms with van der Waals surface area (Å²) in [4.78, 5) is 22.5. The number of nitrogens with zero attached hydrogens (tertiary/aromatic N) is 2. The van der Waals surface area contributed by atoms with Gasteiger partial charge in [-0.25, -0.2) is 9.78 Å². The zero-order valence-corrected chi connectivity index (χ0v) is 22.3. The summed E-state index contributed by atoms with van der Waals surface area (Å²) in [5, 5.41) is 0. The third kappa shape index (κ3) is 4.76. The fraction of sp³-hybridized carbons (Fsp3) is 0.500. The molecule has 0 unspecified atom stereocenters. The molecule has 190 valence electrons. The van der Waals surface area contributed by atoms with Crippen LogP contribution >= 0.6 is 0 Å². The molecule has 36 heavy (non-hydrogen) atoms. The molecular weight excluding hydrogens is 453 g/mol. The summed E-state index contributed by atoms with van der Waals surface area (Å²) in [5.41, 5.74) is 3.95. The summed E-state index contributed by atoms with van der Waals surface area (Å²) in [6, 6.07) is 14.6. The Balaban J connectivity index is 1.30. The number of likely N-dealkylation sites (tertiary alicyclic amines) is 1. The Bertz CT molecular complexity index is 1260. The molecule has 0 spiro atoms. The minimum atomic E-state index is -0.493. The summed E-state index contributed by atoms with van der Waals surface area (Å²) in [7, 11) is -0.367. The van der Waals surface area contributed by atoms with Crippen LogP contribution in [0.25, 0.3) is 22.2 Å². The minimum absolute atomic E-state index is 0.174. The summed E-state index contributed by atoms with van der Waals surface area (Å²) in [6.07, 6.45) is 0.610. The molecule has 0 aliphatic carbocycles. The van der Waals surface area contributed by atoms with Crippen molar-refractivity contribution in [3.05, 3.63) is 48.3 Å². The molecule has 8 heteroatoms. The van der Waals surface area contributed by atoms with Gasteiger partial charge in [-0.1, -0.05) is 30.3 Å². The van der Waals surface area contributed by atoms with E-state index in [2.05, 4.69) is 69.1 Å². The van der Waals surface area contributed by atoms with Gasteiger partial charge in [-0.2, -0.15) is 0 Å². The van der Waals surface area contributed by atoms with Gasteiger partial charge >= 0.3 is 13.2 Å². The monoisotopic (exact) mass is 489 g/mol. The lowest BCUT2D eigenvalue weighted by atomic mass is 9.78. The molecule has 0 radical (unpaired) electrons. The Labute approximate surface area is 213 Å². The quantitative estimate of drug-likeness (QED) is 0.509. The molecule has 3 heterocycles. The van der Waals surface area contributed by atoms with Crippen molar-refractivity contribution in [1.82, 2.24) is 14.9 Å². The van der Waals surface area contributed by atoms with Gasteiger partial charge in [0.1, 0.15) is 11.4 Å². The second-order valence-electron chi connectivity index (χ2n) is 12.0. The number of ether oxygens (including phenoxy) is 1. The molecule has 1 N–H and O–H groups in total. The summed E-state index contributed by atoms with van der Waals surface area (Å²) in [5.74, 6) is 1.09. The number of carbonyl (C=O) groups excluding carboxylic acids is 1. The van der Waals surface area contributed by atoms with Gasteiger partial charge in [-0.15, -0.1) is 0 Å². The maximum absolute atomic E-state index is 12.4. The first kappa shape index (κ1) is 24.8. The first-order valence-electron chi connectivity index (χ1n) is 12.7. The van der Waals surface area contributed by atoms with E-state index in [1.54, 1.807) is 4.90 Å². The Morgan fingerprint density at radius 1 is 1.06 bits per heavy atom. The van der Waals surface area contributed by atoms with E-state index < -0.39 is 5.60 Å². The first-order valence-corrected chi connectivity index (χ1v) is 12.7. The van der Waals surface area contributed by atoms with Gasteiger partial charge in [0.25, 0.3) is 0 Å². The lowest BCUT2D eigenvalue weighted by molar-refractivity contribution is 0.00578. The number of imidazole rings is 1. The van der Waals surface area contributed by atoms with Crippen LogP contribution in [0.4, 0.5) is 4.79 Å². The second kappa shape index (κ2) is 8.63. The highest BCUT2D eigenvalue weighted by Crippen LogP contribution is 2.36. The van der Waals surface area contributed by atoms with Crippen molar-refractivity contribution in [3.63, 3.8) is 0 Å². The molecule has 3 aromatic rings. The fourth-order valence-corrected chi connectivity index (χ4v) is 4.69. The van der Waals surface area contributed by atoms with E-state index >= 15 is 0 Å². The smallest absolute Gasteiger partial charge is 0.444 e. The van der Waals surface area contributed by atoms with E-state index in [4.69, 9.17) is 19.0 Å². The van der Waals surface area contributed by atoms with Crippen molar-refractivity contribution in [3.8, 4) is 11.1 Å². The van der Waals surface area contributed by atoms with Crippen molar-refractivity contribution in [2.24, 2.45) is 0 Å². The van der Waals surface area contributed by atoms with Crippen molar-refractivity contribution in [1.29, 1.82) is 0 Å². The molecule has 0 saturated carbocycles. The van der Waals surface area contributed by atoms with E-state index in [1.807, 2.05) is 26.8 Å². The van der Waals surface area contributed by atoms with Crippen LogP contribution in [0.15, 0.2) is 42.5 Å². The van der Waals surface area contributed by atoms with E-state index in [0.717, 1.165) is 39.9 Å². The number of H-pyrrole nitrogens is 1. The molecule has 1 atom stereocenters. The van der Waals surface area contributed by atoms with Crippen LogP contribution in [0, 0.1) is 0 Å². The van der Waals surface area contributed by atoms with E-state index in [9.17, 15) is 4.79 Å². The van der Waals surface area contributed by atoms with Gasteiger partial charge in [0, 0.05) is 19.0 Å². The van der Waals surface area contributed by atoms with Crippen LogP contribution in [0.5, 0.6) is 0 Å². The number of fused-ring (bicyclic) bond motifs is 1. The summed E-state index contributed by atoms with van der Waals surface area (Å²) in [6.45, 7) is 15.2. The van der Waals surface area contributed by atoms with Crippen LogP contribution < -0.4 is 5.46 Å². The third-order valence-electron chi connectivity index (χ3n) is 7.50. The van der Waals surface area contributed by atoms with E-state index in [1.165, 1.54) is 0 Å². The van der Waals surface area contributed by atoms with Gasteiger partial charge in [-0.05, 0) is 83.6 Å². The molecule has 2 saturated heterocycles. The highest BCUT2D eigenvalue weighted by Gasteiger charge is 2.51. The predicted molar refractivity (Wildman–Crippen MR) is 142 cm³/mol. The molecule has 1 amide bonds. The zero-order chi connectivity index (χ0) is 25.9. The number of rotatable bonds is 3. The molecule has 7 nitrogen and oxygen atoms in total. The number of nitrogens with one attached hydrogen (secondary N) is 1. The topological polar surface area (TPSA) is 76.7 Å². The molecule has 2 aliphatic heterocycles. The average molecular weight is 489 g/mol. The standard InChI is InChI=1S/C28H36BN3O4/c1-26(2,3)34-25(33)32-15-14-20(17-32)24-30-22-13-10-19(16-23(22)31-24)18-8-11-21(12-9-18)29-35-27(4,5)28(6,7)36-29/h8-13,16,20H,14-15,17H2,1-7H3,(H,30,31)/t20-/m1/s1. The number of hydrogen-bond acceptors (Lipinski definition) is 5. The predicted octanol–water partition coefficient (Wildman–Crippen LogP) is 5.25. The first-order chi connectivity index (χ1) is 16.8. The van der Waals surface area contributed by atoms with Gasteiger partial charge in [0.15, 0.2) is 0 Å². The Morgan fingerprint density at radius 3 is 2.33 bits per heavy atom.